The molecule has 9 nitrogen and oxygen atoms in total. The summed E-state index contributed by atoms with van der Waals surface area (Å²) in [5.74, 6) is 2.26. The largest absolute Gasteiger partial charge is 0.309 e. The first-order chi connectivity index (χ1) is 13.3. The third kappa shape index (κ3) is 2.15. The molecule has 1 unspecified atom stereocenters. The second kappa shape index (κ2) is 5.54. The van der Waals surface area contributed by atoms with E-state index in [-0.39, 0.29) is 6.04 Å². The van der Waals surface area contributed by atoms with E-state index in [4.69, 9.17) is 11.8 Å². The highest BCUT2D eigenvalue weighted by Crippen LogP contribution is 2.42. The van der Waals surface area contributed by atoms with Crippen LogP contribution < -0.4 is 10.2 Å². The van der Waals surface area contributed by atoms with Gasteiger partial charge < -0.3 is 10.2 Å². The van der Waals surface area contributed by atoms with Crippen LogP contribution in [0.2, 0.25) is 0 Å². The molecule has 0 spiro atoms. The Bertz CT molecular complexity index is 1060. The highest BCUT2D eigenvalue weighted by atomic mass is 35.5. The van der Waals surface area contributed by atoms with Crippen LogP contribution >= 0.6 is 11.8 Å². The Morgan fingerprint density at radius 2 is 2.07 bits per heavy atom. The number of nitrogens with zero attached hydrogens (tertiary/aromatic N) is 8. The average molecular weight is 382 g/mol. The molecule has 136 valence electrons. The fraction of sp³-hybridized carbons (Fsp3) is 0.294. The van der Waals surface area contributed by atoms with Gasteiger partial charge in [-0.15, -0.1) is 15.3 Å². The first-order valence-electron chi connectivity index (χ1n) is 8.92. The third-order valence-electron chi connectivity index (χ3n) is 5.25. The number of nitrogens with one attached hydrogen (secondary N) is 1. The number of benzene rings is 1. The zero-order chi connectivity index (χ0) is 18.0. The smallest absolute Gasteiger partial charge is 0.259 e. The Hall–Kier alpha value is -2.91. The van der Waals surface area contributed by atoms with E-state index in [9.17, 15) is 0 Å². The first kappa shape index (κ1) is 15.2. The average Bonchev–Trinajstić information content (AvgIpc) is 3.44. The molecule has 0 bridgehead atoms. The zero-order valence-electron chi connectivity index (χ0n) is 14.3. The van der Waals surface area contributed by atoms with Crippen LogP contribution in [0.5, 0.6) is 0 Å². The minimum absolute atomic E-state index is 0.253. The van der Waals surface area contributed by atoms with E-state index in [1.165, 1.54) is 0 Å². The molecule has 0 aliphatic carbocycles. The summed E-state index contributed by atoms with van der Waals surface area (Å²) in [4.78, 5) is 2.14. The van der Waals surface area contributed by atoms with E-state index in [1.807, 2.05) is 35.2 Å². The van der Waals surface area contributed by atoms with Gasteiger partial charge in [0.15, 0.2) is 5.82 Å². The first-order valence-corrected chi connectivity index (χ1v) is 9.26. The number of hydrogen-bond donors (Lipinski definition) is 1. The Morgan fingerprint density at radius 1 is 1.15 bits per heavy atom. The van der Waals surface area contributed by atoms with Gasteiger partial charge in [-0.2, -0.15) is 4.68 Å². The van der Waals surface area contributed by atoms with E-state index in [0.717, 1.165) is 48.0 Å². The van der Waals surface area contributed by atoms with Crippen LogP contribution in [0.3, 0.4) is 0 Å². The van der Waals surface area contributed by atoms with Crippen molar-refractivity contribution in [1.29, 1.82) is 0 Å². The summed E-state index contributed by atoms with van der Waals surface area (Å²) in [6.07, 6.45) is 6.04. The van der Waals surface area contributed by atoms with Crippen LogP contribution in [0.15, 0.2) is 36.7 Å². The summed E-state index contributed by atoms with van der Waals surface area (Å²) in [7, 11) is 0. The van der Waals surface area contributed by atoms with Crippen LogP contribution in [0.25, 0.3) is 23.2 Å². The van der Waals surface area contributed by atoms with Gasteiger partial charge in [0.1, 0.15) is 18.2 Å². The SMILES string of the molecule is ClN1C=C2N(C1)c1ccccc1-c1nnc(-n3cc(C4CCCN4)nn3)n12. The summed E-state index contributed by atoms with van der Waals surface area (Å²) in [6.45, 7) is 1.57. The van der Waals surface area contributed by atoms with Gasteiger partial charge in [0, 0.05) is 17.3 Å². The monoisotopic (exact) mass is 381 g/mol. The molecule has 1 atom stereocenters. The van der Waals surface area contributed by atoms with Crippen LogP contribution in [0.4, 0.5) is 5.69 Å². The van der Waals surface area contributed by atoms with Gasteiger partial charge in [0.2, 0.25) is 0 Å². The number of halogens is 1. The normalized spacial score (nSPS) is 20.5. The van der Waals surface area contributed by atoms with E-state index >= 15 is 0 Å². The van der Waals surface area contributed by atoms with E-state index in [0.29, 0.717) is 12.6 Å². The van der Waals surface area contributed by atoms with Crippen molar-refractivity contribution in [3.63, 3.8) is 0 Å². The number of fused-ring (bicyclic) bond motifs is 6. The van der Waals surface area contributed by atoms with Crippen molar-refractivity contribution in [2.75, 3.05) is 18.1 Å². The Kier molecular flexibility index (Phi) is 3.12. The molecule has 2 aromatic heterocycles. The summed E-state index contributed by atoms with van der Waals surface area (Å²) in [6, 6.07) is 8.38. The lowest BCUT2D eigenvalue weighted by Gasteiger charge is -2.29. The van der Waals surface area contributed by atoms with Crippen molar-refractivity contribution in [3.05, 3.63) is 42.4 Å². The molecule has 27 heavy (non-hydrogen) atoms. The van der Waals surface area contributed by atoms with Crippen molar-refractivity contribution < 1.29 is 0 Å². The molecule has 0 saturated carbocycles. The molecule has 10 heteroatoms. The van der Waals surface area contributed by atoms with Crippen molar-refractivity contribution >= 4 is 23.3 Å². The minimum Gasteiger partial charge on any atom is -0.309 e. The van der Waals surface area contributed by atoms with Gasteiger partial charge in [-0.3, -0.25) is 4.42 Å². The van der Waals surface area contributed by atoms with Gasteiger partial charge in [-0.05, 0) is 31.5 Å². The van der Waals surface area contributed by atoms with Gasteiger partial charge >= 0.3 is 0 Å². The van der Waals surface area contributed by atoms with Crippen LogP contribution in [-0.2, 0) is 0 Å². The molecule has 1 aromatic carbocycles. The molecule has 0 amide bonds. The minimum atomic E-state index is 0.253. The quantitative estimate of drug-likeness (QED) is 0.679. The lowest BCUT2D eigenvalue weighted by atomic mass is 10.1. The molecule has 6 rings (SSSR count). The topological polar surface area (TPSA) is 79.9 Å². The maximum absolute atomic E-state index is 6.29. The number of hydrogen-bond acceptors (Lipinski definition) is 7. The fourth-order valence-corrected chi connectivity index (χ4v) is 4.19. The van der Waals surface area contributed by atoms with Crippen molar-refractivity contribution in [2.24, 2.45) is 0 Å². The number of rotatable bonds is 2. The van der Waals surface area contributed by atoms with Crippen LogP contribution in [0.1, 0.15) is 24.6 Å². The van der Waals surface area contributed by atoms with E-state index in [2.05, 4.69) is 36.8 Å². The molecule has 1 fully saturated rings. The van der Waals surface area contributed by atoms with Gasteiger partial charge in [0.25, 0.3) is 5.95 Å². The van der Waals surface area contributed by atoms with Crippen molar-refractivity contribution in [2.45, 2.75) is 18.9 Å². The molecule has 5 heterocycles. The Labute approximate surface area is 159 Å². The summed E-state index contributed by atoms with van der Waals surface area (Å²) >= 11 is 6.29. The second-order valence-electron chi connectivity index (χ2n) is 6.87. The third-order valence-corrected chi connectivity index (χ3v) is 5.46. The molecular weight excluding hydrogens is 366 g/mol. The molecule has 3 aliphatic heterocycles. The van der Waals surface area contributed by atoms with Gasteiger partial charge in [-0.1, -0.05) is 17.3 Å². The molecule has 3 aliphatic rings. The van der Waals surface area contributed by atoms with Gasteiger partial charge in [-0.25, -0.2) is 4.57 Å². The molecular formula is C17H16ClN9. The molecule has 3 aromatic rings. The Morgan fingerprint density at radius 3 is 2.96 bits per heavy atom. The predicted octanol–water partition coefficient (Wildman–Crippen LogP) is 1.95. The van der Waals surface area contributed by atoms with E-state index < -0.39 is 0 Å². The second-order valence-corrected chi connectivity index (χ2v) is 7.30. The number of para-hydroxylation sites is 1. The molecule has 1 saturated heterocycles. The van der Waals surface area contributed by atoms with Crippen molar-refractivity contribution in [1.82, 2.24) is 39.5 Å². The molecule has 0 radical (unpaired) electrons. The lowest BCUT2D eigenvalue weighted by Crippen LogP contribution is -2.29. The highest BCUT2D eigenvalue weighted by Gasteiger charge is 2.35. The van der Waals surface area contributed by atoms with Crippen LogP contribution in [0, 0.1) is 0 Å². The summed E-state index contributed by atoms with van der Waals surface area (Å²) in [5.41, 5.74) is 3.00. The van der Waals surface area contributed by atoms with E-state index in [1.54, 1.807) is 9.10 Å². The zero-order valence-corrected chi connectivity index (χ0v) is 15.1. The fourth-order valence-electron chi connectivity index (χ4n) is 4.00. The van der Waals surface area contributed by atoms with Crippen molar-refractivity contribution in [3.8, 4) is 17.3 Å². The van der Waals surface area contributed by atoms with Crippen LogP contribution in [-0.4, -0.2) is 47.4 Å². The maximum Gasteiger partial charge on any atom is 0.259 e. The summed E-state index contributed by atoms with van der Waals surface area (Å²) in [5, 5.41) is 21.0. The highest BCUT2D eigenvalue weighted by molar-refractivity contribution is 6.15. The number of aromatic nitrogens is 6. The van der Waals surface area contributed by atoms with Gasteiger partial charge in [0.05, 0.1) is 24.1 Å². The Balaban J connectivity index is 1.51. The number of anilines is 1. The standard InChI is InChI=1S/C17H16ClN9/c18-24-9-15-25(10-24)14-6-2-1-4-11(14)16-21-22-17(27(15)16)26-8-13(20-23-26)12-5-3-7-19-12/h1-2,4,6,8-9,12,19H,3,5,7,10H2. The molecule has 1 N–H and O–H groups in total. The lowest BCUT2D eigenvalue weighted by molar-refractivity contribution is 0.624. The summed E-state index contributed by atoms with van der Waals surface area (Å²) < 4.78 is 5.29. The maximum atomic E-state index is 6.29. The predicted molar refractivity (Wildman–Crippen MR) is 99.7 cm³/mol.